The van der Waals surface area contributed by atoms with E-state index in [0.717, 1.165) is 16.1 Å². The Morgan fingerprint density at radius 1 is 0.871 bits per heavy atom. The van der Waals surface area contributed by atoms with Crippen LogP contribution in [-0.2, 0) is 15.1 Å². The summed E-state index contributed by atoms with van der Waals surface area (Å²) in [6.07, 6.45) is 0.0904. The van der Waals surface area contributed by atoms with Crippen LogP contribution in [0.2, 0.25) is 0 Å². The molecule has 4 amide bonds. The molecule has 6 nitrogen and oxygen atoms in total. The van der Waals surface area contributed by atoms with Crippen LogP contribution in [0.25, 0.3) is 0 Å². The smallest absolute Gasteiger partial charge is 0.318 e. The highest BCUT2D eigenvalue weighted by Gasteiger charge is 2.50. The SMILES string of the molecule is C[C@@]1(c2ccccc2)NC(=O)N(NC(=O)CC(c2ccccc2)c2ccccc2)C1=O. The van der Waals surface area contributed by atoms with Gasteiger partial charge in [-0.25, -0.2) is 4.79 Å². The fraction of sp³-hybridized carbons (Fsp3) is 0.160. The summed E-state index contributed by atoms with van der Waals surface area (Å²) < 4.78 is 0. The highest BCUT2D eigenvalue weighted by molar-refractivity contribution is 6.08. The van der Waals surface area contributed by atoms with Crippen LogP contribution < -0.4 is 10.7 Å². The summed E-state index contributed by atoms with van der Waals surface area (Å²) in [4.78, 5) is 38.5. The maximum absolute atomic E-state index is 13.0. The fourth-order valence-corrected chi connectivity index (χ4v) is 3.86. The van der Waals surface area contributed by atoms with Gasteiger partial charge in [0.15, 0.2) is 0 Å². The van der Waals surface area contributed by atoms with E-state index in [2.05, 4.69) is 10.7 Å². The summed E-state index contributed by atoms with van der Waals surface area (Å²) in [7, 11) is 0. The fourth-order valence-electron chi connectivity index (χ4n) is 3.86. The van der Waals surface area contributed by atoms with Crippen molar-refractivity contribution in [2.75, 3.05) is 0 Å². The van der Waals surface area contributed by atoms with Gasteiger partial charge >= 0.3 is 6.03 Å². The molecule has 1 heterocycles. The minimum Gasteiger partial charge on any atom is -0.318 e. The molecule has 0 unspecified atom stereocenters. The van der Waals surface area contributed by atoms with E-state index in [0.29, 0.717) is 5.56 Å². The van der Waals surface area contributed by atoms with E-state index >= 15 is 0 Å². The Morgan fingerprint density at radius 2 is 1.35 bits per heavy atom. The monoisotopic (exact) mass is 413 g/mol. The van der Waals surface area contributed by atoms with E-state index in [1.54, 1.807) is 31.2 Å². The molecular formula is C25H23N3O3. The van der Waals surface area contributed by atoms with Crippen molar-refractivity contribution in [3.63, 3.8) is 0 Å². The molecular weight excluding hydrogens is 390 g/mol. The minimum absolute atomic E-state index is 0.0904. The molecule has 0 spiro atoms. The Morgan fingerprint density at radius 3 is 1.87 bits per heavy atom. The van der Waals surface area contributed by atoms with Gasteiger partial charge in [-0.1, -0.05) is 91.0 Å². The van der Waals surface area contributed by atoms with Crippen molar-refractivity contribution in [3.05, 3.63) is 108 Å². The van der Waals surface area contributed by atoms with Gasteiger partial charge in [-0.2, -0.15) is 5.01 Å². The number of carbonyl (C=O) groups excluding carboxylic acids is 3. The lowest BCUT2D eigenvalue weighted by atomic mass is 9.88. The van der Waals surface area contributed by atoms with Gasteiger partial charge in [-0.3, -0.25) is 15.0 Å². The Labute approximate surface area is 180 Å². The van der Waals surface area contributed by atoms with Crippen molar-refractivity contribution >= 4 is 17.8 Å². The first-order valence-corrected chi connectivity index (χ1v) is 10.1. The maximum Gasteiger partial charge on any atom is 0.344 e. The van der Waals surface area contributed by atoms with Gasteiger partial charge in [0.1, 0.15) is 5.54 Å². The Bertz CT molecular complexity index is 1050. The van der Waals surface area contributed by atoms with Crippen LogP contribution in [0, 0.1) is 0 Å². The van der Waals surface area contributed by atoms with Gasteiger partial charge < -0.3 is 5.32 Å². The molecule has 0 saturated carbocycles. The van der Waals surface area contributed by atoms with E-state index in [1.165, 1.54) is 0 Å². The summed E-state index contributed by atoms with van der Waals surface area (Å²) in [6.45, 7) is 1.63. The van der Waals surface area contributed by atoms with Crippen LogP contribution in [0.15, 0.2) is 91.0 Å². The van der Waals surface area contributed by atoms with E-state index in [4.69, 9.17) is 0 Å². The number of hydrazine groups is 1. The molecule has 1 fully saturated rings. The molecule has 31 heavy (non-hydrogen) atoms. The predicted octanol–water partition coefficient (Wildman–Crippen LogP) is 3.71. The number of amides is 4. The van der Waals surface area contributed by atoms with Crippen molar-refractivity contribution in [3.8, 4) is 0 Å². The second-order valence-corrected chi connectivity index (χ2v) is 7.67. The summed E-state index contributed by atoms with van der Waals surface area (Å²) >= 11 is 0. The average molecular weight is 413 g/mol. The third-order valence-corrected chi connectivity index (χ3v) is 5.57. The molecule has 6 heteroatoms. The largest absolute Gasteiger partial charge is 0.344 e. The van der Waals surface area contributed by atoms with Crippen LogP contribution in [0.5, 0.6) is 0 Å². The van der Waals surface area contributed by atoms with Crippen molar-refractivity contribution in [1.29, 1.82) is 0 Å². The van der Waals surface area contributed by atoms with Gasteiger partial charge in [0.05, 0.1) is 0 Å². The number of urea groups is 1. The van der Waals surface area contributed by atoms with Crippen molar-refractivity contribution in [2.24, 2.45) is 0 Å². The zero-order valence-corrected chi connectivity index (χ0v) is 17.1. The summed E-state index contributed by atoms with van der Waals surface area (Å²) in [5, 5.41) is 3.47. The van der Waals surface area contributed by atoms with E-state index < -0.39 is 23.4 Å². The molecule has 0 bridgehead atoms. The quantitative estimate of drug-likeness (QED) is 0.605. The normalized spacial score (nSPS) is 18.2. The molecule has 1 aliphatic rings. The van der Waals surface area contributed by atoms with E-state index in [-0.39, 0.29) is 12.3 Å². The number of carbonyl (C=O) groups is 3. The molecule has 156 valence electrons. The minimum atomic E-state index is -1.23. The zero-order valence-electron chi connectivity index (χ0n) is 17.1. The molecule has 4 rings (SSSR count). The topological polar surface area (TPSA) is 78.5 Å². The number of nitrogens with zero attached hydrogens (tertiary/aromatic N) is 1. The van der Waals surface area contributed by atoms with Crippen molar-refractivity contribution in [1.82, 2.24) is 15.8 Å². The maximum atomic E-state index is 13.0. The Balaban J connectivity index is 1.53. The third kappa shape index (κ3) is 4.05. The molecule has 2 N–H and O–H groups in total. The van der Waals surface area contributed by atoms with Gasteiger partial charge in [0.25, 0.3) is 5.91 Å². The van der Waals surface area contributed by atoms with Crippen LogP contribution in [0.4, 0.5) is 4.79 Å². The Hall–Kier alpha value is -3.93. The molecule has 1 atom stereocenters. The van der Waals surface area contributed by atoms with Gasteiger partial charge in [-0.15, -0.1) is 0 Å². The van der Waals surface area contributed by atoms with Crippen LogP contribution in [0.1, 0.15) is 36.0 Å². The van der Waals surface area contributed by atoms with E-state index in [9.17, 15) is 14.4 Å². The Kier molecular flexibility index (Phi) is 5.54. The highest BCUT2D eigenvalue weighted by atomic mass is 16.2. The van der Waals surface area contributed by atoms with E-state index in [1.807, 2.05) is 66.7 Å². The molecule has 3 aromatic carbocycles. The van der Waals surface area contributed by atoms with Crippen molar-refractivity contribution in [2.45, 2.75) is 24.8 Å². The first-order valence-electron chi connectivity index (χ1n) is 10.1. The number of hydrogen-bond acceptors (Lipinski definition) is 3. The standard InChI is InChI=1S/C25H23N3O3/c1-25(20-15-9-4-10-16-20)23(30)28(24(31)26-25)27-22(29)17-21(18-11-5-2-6-12-18)19-13-7-3-8-14-19/h2-16,21H,17H2,1H3,(H,26,31)(H,27,29)/t25-/m0/s1. The predicted molar refractivity (Wildman–Crippen MR) is 117 cm³/mol. The lowest BCUT2D eigenvalue weighted by Crippen LogP contribution is -2.48. The first kappa shape index (κ1) is 20.3. The van der Waals surface area contributed by atoms with Gasteiger partial charge in [0, 0.05) is 12.3 Å². The lowest BCUT2D eigenvalue weighted by molar-refractivity contribution is -0.139. The average Bonchev–Trinajstić information content (AvgIpc) is 3.03. The molecule has 1 aliphatic heterocycles. The second kappa shape index (κ2) is 8.44. The number of nitrogens with one attached hydrogen (secondary N) is 2. The molecule has 0 radical (unpaired) electrons. The van der Waals surface area contributed by atoms with Crippen molar-refractivity contribution < 1.29 is 14.4 Å². The highest BCUT2D eigenvalue weighted by Crippen LogP contribution is 2.30. The number of imide groups is 1. The zero-order chi connectivity index (χ0) is 21.8. The number of hydrogen-bond donors (Lipinski definition) is 2. The molecule has 1 saturated heterocycles. The summed E-state index contributed by atoms with van der Waals surface area (Å²) in [5.74, 6) is -1.14. The molecule has 0 aliphatic carbocycles. The number of benzene rings is 3. The van der Waals surface area contributed by atoms with Gasteiger partial charge in [0.2, 0.25) is 5.91 Å². The molecule has 0 aromatic heterocycles. The number of rotatable bonds is 6. The second-order valence-electron chi connectivity index (χ2n) is 7.67. The van der Waals surface area contributed by atoms with Crippen LogP contribution in [-0.4, -0.2) is 22.9 Å². The lowest BCUT2D eigenvalue weighted by Gasteiger charge is -2.23. The third-order valence-electron chi connectivity index (χ3n) is 5.57. The molecule has 3 aromatic rings. The van der Waals surface area contributed by atoms with Crippen LogP contribution in [0.3, 0.4) is 0 Å². The van der Waals surface area contributed by atoms with Gasteiger partial charge in [-0.05, 0) is 23.6 Å². The van der Waals surface area contributed by atoms with Crippen LogP contribution >= 0.6 is 0 Å². The first-order chi connectivity index (χ1) is 15.0. The summed E-state index contributed by atoms with van der Waals surface area (Å²) in [6, 6.07) is 27.7. The summed E-state index contributed by atoms with van der Waals surface area (Å²) in [5.41, 5.74) is 3.89.